The zero-order valence-corrected chi connectivity index (χ0v) is 11.6. The van der Waals surface area contributed by atoms with Crippen LogP contribution in [0, 0.1) is 5.92 Å². The van der Waals surface area contributed by atoms with Crippen molar-refractivity contribution in [2.75, 3.05) is 6.54 Å². The Kier molecular flexibility index (Phi) is 7.08. The lowest BCUT2D eigenvalue weighted by molar-refractivity contribution is -0.139. The Bertz CT molecular complexity index is 301. The zero-order valence-electron chi connectivity index (χ0n) is 11.6. The number of rotatable bonds is 7. The predicted molar refractivity (Wildman–Crippen MR) is 71.4 cm³/mol. The lowest BCUT2D eigenvalue weighted by Crippen LogP contribution is -2.50. The summed E-state index contributed by atoms with van der Waals surface area (Å²) in [5.74, 6) is -0.794. The molecule has 18 heavy (non-hydrogen) atoms. The smallest absolute Gasteiger partial charge is 0.326 e. The number of nitrogens with one attached hydrogen (secondary N) is 1. The van der Waals surface area contributed by atoms with Crippen LogP contribution in [0.5, 0.6) is 0 Å². The Morgan fingerprint density at radius 1 is 1.33 bits per heavy atom. The number of carboxylic acid groups (broad SMARTS) is 1. The van der Waals surface area contributed by atoms with Gasteiger partial charge in [0.1, 0.15) is 6.04 Å². The van der Waals surface area contributed by atoms with Crippen LogP contribution in [0.1, 0.15) is 34.1 Å². The average Bonchev–Trinajstić information content (AvgIpc) is 2.23. The zero-order chi connectivity index (χ0) is 14.3. The number of hydrogen-bond acceptors (Lipinski definition) is 2. The third kappa shape index (κ3) is 5.70. The summed E-state index contributed by atoms with van der Waals surface area (Å²) in [7, 11) is 0. The minimum atomic E-state index is -1.00. The van der Waals surface area contributed by atoms with Crippen LogP contribution in [0.25, 0.3) is 0 Å². The van der Waals surface area contributed by atoms with Crippen LogP contribution in [-0.4, -0.2) is 40.6 Å². The predicted octanol–water partition coefficient (Wildman–Crippen LogP) is 2.09. The highest BCUT2D eigenvalue weighted by molar-refractivity contribution is 5.82. The monoisotopic (exact) mass is 256 g/mol. The summed E-state index contributed by atoms with van der Waals surface area (Å²) in [4.78, 5) is 24.6. The molecule has 0 aromatic carbocycles. The highest BCUT2D eigenvalue weighted by Crippen LogP contribution is 2.07. The molecule has 1 atom stereocenters. The molecule has 0 aromatic rings. The van der Waals surface area contributed by atoms with Crippen LogP contribution in [0.3, 0.4) is 0 Å². The van der Waals surface area contributed by atoms with Crippen molar-refractivity contribution in [1.29, 1.82) is 0 Å². The molecule has 0 aliphatic rings. The Hall–Kier alpha value is -1.52. The van der Waals surface area contributed by atoms with Gasteiger partial charge in [-0.1, -0.05) is 19.9 Å². The first-order valence-corrected chi connectivity index (χ1v) is 6.20. The van der Waals surface area contributed by atoms with E-state index in [9.17, 15) is 9.59 Å². The van der Waals surface area contributed by atoms with E-state index in [-0.39, 0.29) is 18.0 Å². The molecular weight excluding hydrogens is 232 g/mol. The molecule has 5 heteroatoms. The van der Waals surface area contributed by atoms with Gasteiger partial charge in [-0.3, -0.25) is 0 Å². The average molecular weight is 256 g/mol. The maximum absolute atomic E-state index is 12.0. The quantitative estimate of drug-likeness (QED) is 0.685. The Balaban J connectivity index is 4.65. The van der Waals surface area contributed by atoms with E-state index in [2.05, 4.69) is 11.9 Å². The SMILES string of the molecule is C=CCN(C(=O)NC(CC(C)C)C(=O)O)C(C)C. The molecule has 0 aliphatic carbocycles. The number of amides is 2. The van der Waals surface area contributed by atoms with Crippen molar-refractivity contribution in [3.8, 4) is 0 Å². The van der Waals surface area contributed by atoms with Crippen molar-refractivity contribution in [2.24, 2.45) is 5.92 Å². The van der Waals surface area contributed by atoms with Crippen LogP contribution >= 0.6 is 0 Å². The standard InChI is InChI=1S/C13H24N2O3/c1-6-7-15(10(4)5)13(18)14-11(12(16)17)8-9(2)3/h6,9-11H,1,7-8H2,2-5H3,(H,14,18)(H,16,17). The van der Waals surface area contributed by atoms with Gasteiger partial charge in [-0.15, -0.1) is 6.58 Å². The van der Waals surface area contributed by atoms with E-state index in [1.54, 1.807) is 11.0 Å². The Labute approximate surface area is 109 Å². The van der Waals surface area contributed by atoms with Gasteiger partial charge in [-0.25, -0.2) is 9.59 Å². The van der Waals surface area contributed by atoms with E-state index in [0.717, 1.165) is 0 Å². The minimum absolute atomic E-state index is 0.00325. The molecule has 1 unspecified atom stereocenters. The molecule has 0 spiro atoms. The molecule has 0 aromatic heterocycles. The van der Waals surface area contributed by atoms with Crippen molar-refractivity contribution in [2.45, 2.75) is 46.2 Å². The summed E-state index contributed by atoms with van der Waals surface area (Å²) in [6.45, 7) is 11.6. The van der Waals surface area contributed by atoms with Crippen LogP contribution in [0.2, 0.25) is 0 Å². The van der Waals surface area contributed by atoms with Gasteiger partial charge in [-0.2, -0.15) is 0 Å². The van der Waals surface area contributed by atoms with E-state index < -0.39 is 12.0 Å². The third-order valence-electron chi connectivity index (χ3n) is 2.51. The maximum atomic E-state index is 12.0. The highest BCUT2D eigenvalue weighted by Gasteiger charge is 2.24. The van der Waals surface area contributed by atoms with Crippen molar-refractivity contribution in [3.63, 3.8) is 0 Å². The van der Waals surface area contributed by atoms with E-state index >= 15 is 0 Å². The van der Waals surface area contributed by atoms with Gasteiger partial charge in [0.25, 0.3) is 0 Å². The van der Waals surface area contributed by atoms with E-state index in [4.69, 9.17) is 5.11 Å². The number of carbonyl (C=O) groups excluding carboxylic acids is 1. The lowest BCUT2D eigenvalue weighted by Gasteiger charge is -2.27. The van der Waals surface area contributed by atoms with Crippen LogP contribution < -0.4 is 5.32 Å². The number of hydrogen-bond donors (Lipinski definition) is 2. The first-order valence-electron chi connectivity index (χ1n) is 6.20. The molecule has 0 heterocycles. The molecule has 0 radical (unpaired) electrons. The van der Waals surface area contributed by atoms with Crippen LogP contribution in [-0.2, 0) is 4.79 Å². The van der Waals surface area contributed by atoms with Gasteiger partial charge in [0.15, 0.2) is 0 Å². The highest BCUT2D eigenvalue weighted by atomic mass is 16.4. The molecule has 0 saturated carbocycles. The van der Waals surface area contributed by atoms with Gasteiger partial charge in [-0.05, 0) is 26.2 Å². The topological polar surface area (TPSA) is 69.6 Å². The largest absolute Gasteiger partial charge is 0.480 e. The van der Waals surface area contributed by atoms with Crippen LogP contribution in [0.15, 0.2) is 12.7 Å². The Morgan fingerprint density at radius 3 is 2.22 bits per heavy atom. The number of aliphatic carboxylic acids is 1. The normalized spacial score (nSPS) is 12.3. The molecule has 0 bridgehead atoms. The first kappa shape index (κ1) is 16.5. The van der Waals surface area contributed by atoms with Gasteiger partial charge in [0.05, 0.1) is 0 Å². The molecular formula is C13H24N2O3. The van der Waals surface area contributed by atoms with Crippen molar-refractivity contribution < 1.29 is 14.7 Å². The summed E-state index contributed by atoms with van der Waals surface area (Å²) >= 11 is 0. The summed E-state index contributed by atoms with van der Waals surface area (Å²) in [5.41, 5.74) is 0. The van der Waals surface area contributed by atoms with Gasteiger partial charge >= 0.3 is 12.0 Å². The summed E-state index contributed by atoms with van der Waals surface area (Å²) < 4.78 is 0. The fourth-order valence-corrected chi connectivity index (χ4v) is 1.59. The molecule has 0 rings (SSSR count). The van der Waals surface area contributed by atoms with E-state index in [1.165, 1.54) is 0 Å². The number of urea groups is 1. The minimum Gasteiger partial charge on any atom is -0.480 e. The maximum Gasteiger partial charge on any atom is 0.326 e. The fourth-order valence-electron chi connectivity index (χ4n) is 1.59. The molecule has 2 amide bonds. The number of carbonyl (C=O) groups is 2. The lowest BCUT2D eigenvalue weighted by atomic mass is 10.0. The van der Waals surface area contributed by atoms with E-state index in [1.807, 2.05) is 27.7 Å². The van der Waals surface area contributed by atoms with Crippen LogP contribution in [0.4, 0.5) is 4.79 Å². The molecule has 0 saturated heterocycles. The molecule has 5 nitrogen and oxygen atoms in total. The first-order chi connectivity index (χ1) is 8.29. The molecule has 0 fully saturated rings. The van der Waals surface area contributed by atoms with Gasteiger partial charge in [0, 0.05) is 12.6 Å². The van der Waals surface area contributed by atoms with Crippen molar-refractivity contribution in [1.82, 2.24) is 10.2 Å². The second-order valence-electron chi connectivity index (χ2n) is 5.00. The molecule has 0 aliphatic heterocycles. The second-order valence-corrected chi connectivity index (χ2v) is 5.00. The molecule has 104 valence electrons. The second kappa shape index (κ2) is 7.74. The fraction of sp³-hybridized carbons (Fsp3) is 0.692. The number of carboxylic acids is 1. The van der Waals surface area contributed by atoms with Crippen molar-refractivity contribution >= 4 is 12.0 Å². The summed E-state index contributed by atoms with van der Waals surface area (Å²) in [5, 5.41) is 11.6. The van der Waals surface area contributed by atoms with Crippen molar-refractivity contribution in [3.05, 3.63) is 12.7 Å². The molecule has 2 N–H and O–H groups in total. The Morgan fingerprint density at radius 2 is 1.89 bits per heavy atom. The third-order valence-corrected chi connectivity index (χ3v) is 2.51. The van der Waals surface area contributed by atoms with E-state index in [0.29, 0.717) is 13.0 Å². The summed E-state index contributed by atoms with van der Waals surface area (Å²) in [6, 6.07) is -1.21. The number of nitrogens with zero attached hydrogens (tertiary/aromatic N) is 1. The summed E-state index contributed by atoms with van der Waals surface area (Å²) in [6.07, 6.45) is 2.04. The van der Waals surface area contributed by atoms with Gasteiger partial charge in [0.2, 0.25) is 0 Å². The van der Waals surface area contributed by atoms with Gasteiger partial charge < -0.3 is 15.3 Å².